The summed E-state index contributed by atoms with van der Waals surface area (Å²) in [5.74, 6) is 0. The first-order valence-corrected chi connectivity index (χ1v) is 7.20. The molecule has 0 aliphatic carbocycles. The van der Waals surface area contributed by atoms with Crippen molar-refractivity contribution in [2.75, 3.05) is 13.2 Å². The number of nitrogens with one attached hydrogen (secondary N) is 1. The summed E-state index contributed by atoms with van der Waals surface area (Å²) >= 11 is 0. The van der Waals surface area contributed by atoms with E-state index in [9.17, 15) is 0 Å². The van der Waals surface area contributed by atoms with Crippen LogP contribution in [0.4, 0.5) is 0 Å². The van der Waals surface area contributed by atoms with Crippen molar-refractivity contribution in [2.45, 2.75) is 19.6 Å². The maximum absolute atomic E-state index is 8.83. The Kier molecular flexibility index (Phi) is 6.47. The maximum atomic E-state index is 8.83. The van der Waals surface area contributed by atoms with Crippen molar-refractivity contribution >= 4 is 0 Å². The van der Waals surface area contributed by atoms with E-state index in [1.54, 1.807) is 6.07 Å². The van der Waals surface area contributed by atoms with E-state index < -0.39 is 0 Å². The Morgan fingerprint density at radius 2 is 1.81 bits per heavy atom. The summed E-state index contributed by atoms with van der Waals surface area (Å²) in [7, 11) is 0. The standard InChI is InChI=1S/C18H20N2O/c19-13-17-8-4-9-18(12-17)15-21-11-5-10-20-14-16-6-2-1-3-7-16/h1-4,6-9,12,20H,5,10-11,14-15H2. The zero-order valence-electron chi connectivity index (χ0n) is 12.1. The fourth-order valence-electron chi connectivity index (χ4n) is 2.05. The topological polar surface area (TPSA) is 45.0 Å². The number of benzene rings is 2. The first-order valence-electron chi connectivity index (χ1n) is 7.20. The summed E-state index contributed by atoms with van der Waals surface area (Å²) in [4.78, 5) is 0. The Hall–Kier alpha value is -2.15. The second kappa shape index (κ2) is 8.91. The average Bonchev–Trinajstić information content (AvgIpc) is 2.55. The van der Waals surface area contributed by atoms with Crippen LogP contribution in [0.25, 0.3) is 0 Å². The average molecular weight is 280 g/mol. The molecule has 0 spiro atoms. The number of nitriles is 1. The van der Waals surface area contributed by atoms with Gasteiger partial charge in [0.15, 0.2) is 0 Å². The molecule has 21 heavy (non-hydrogen) atoms. The summed E-state index contributed by atoms with van der Waals surface area (Å²) in [5.41, 5.74) is 3.03. The van der Waals surface area contributed by atoms with Crippen LogP contribution in [0.15, 0.2) is 54.6 Å². The summed E-state index contributed by atoms with van der Waals surface area (Å²) in [6.07, 6.45) is 0.977. The summed E-state index contributed by atoms with van der Waals surface area (Å²) in [5, 5.41) is 12.2. The normalized spacial score (nSPS) is 10.2. The third-order valence-electron chi connectivity index (χ3n) is 3.14. The van der Waals surface area contributed by atoms with Crippen LogP contribution in [-0.2, 0) is 17.9 Å². The summed E-state index contributed by atoms with van der Waals surface area (Å²) in [6, 6.07) is 20.0. The van der Waals surface area contributed by atoms with Gasteiger partial charge in [-0.1, -0.05) is 42.5 Å². The third kappa shape index (κ3) is 5.78. The molecule has 0 aromatic heterocycles. The van der Waals surface area contributed by atoms with Gasteiger partial charge in [0.2, 0.25) is 0 Å². The Morgan fingerprint density at radius 3 is 2.62 bits per heavy atom. The number of nitrogens with zero attached hydrogens (tertiary/aromatic N) is 1. The van der Waals surface area contributed by atoms with Gasteiger partial charge in [-0.2, -0.15) is 5.26 Å². The Morgan fingerprint density at radius 1 is 1.00 bits per heavy atom. The first kappa shape index (κ1) is 15.2. The predicted octanol–water partition coefficient (Wildman–Crippen LogP) is 3.25. The van der Waals surface area contributed by atoms with Crippen LogP contribution >= 0.6 is 0 Å². The van der Waals surface area contributed by atoms with Crippen LogP contribution in [0, 0.1) is 11.3 Å². The molecule has 0 aliphatic rings. The minimum Gasteiger partial charge on any atom is -0.377 e. The van der Waals surface area contributed by atoms with E-state index in [1.807, 2.05) is 24.3 Å². The van der Waals surface area contributed by atoms with Crippen LogP contribution < -0.4 is 5.32 Å². The molecule has 0 fully saturated rings. The molecule has 3 heteroatoms. The highest BCUT2D eigenvalue weighted by Crippen LogP contribution is 2.05. The second-order valence-corrected chi connectivity index (χ2v) is 4.88. The van der Waals surface area contributed by atoms with Crippen LogP contribution in [0.2, 0.25) is 0 Å². The van der Waals surface area contributed by atoms with Gasteiger partial charge in [-0.05, 0) is 36.2 Å². The molecule has 0 atom stereocenters. The molecular formula is C18H20N2O. The van der Waals surface area contributed by atoms with Gasteiger partial charge in [-0.25, -0.2) is 0 Å². The van der Waals surface area contributed by atoms with Gasteiger partial charge >= 0.3 is 0 Å². The number of rotatable bonds is 8. The Balaban J connectivity index is 1.55. The second-order valence-electron chi connectivity index (χ2n) is 4.88. The van der Waals surface area contributed by atoms with Crippen molar-refractivity contribution < 1.29 is 4.74 Å². The maximum Gasteiger partial charge on any atom is 0.0991 e. The highest BCUT2D eigenvalue weighted by atomic mass is 16.5. The Bertz CT molecular complexity index is 575. The largest absolute Gasteiger partial charge is 0.377 e. The fraction of sp³-hybridized carbons (Fsp3) is 0.278. The molecule has 0 heterocycles. The van der Waals surface area contributed by atoms with Gasteiger partial charge in [0.25, 0.3) is 0 Å². The van der Waals surface area contributed by atoms with Crippen molar-refractivity contribution in [2.24, 2.45) is 0 Å². The summed E-state index contributed by atoms with van der Waals surface area (Å²) in [6.45, 7) is 3.12. The summed E-state index contributed by atoms with van der Waals surface area (Å²) < 4.78 is 5.62. The molecule has 0 saturated carbocycles. The molecule has 2 aromatic rings. The minimum absolute atomic E-state index is 0.564. The van der Waals surface area contributed by atoms with E-state index in [0.717, 1.165) is 31.7 Å². The molecule has 0 aliphatic heterocycles. The van der Waals surface area contributed by atoms with E-state index in [1.165, 1.54) is 5.56 Å². The van der Waals surface area contributed by atoms with Gasteiger partial charge in [0, 0.05) is 13.2 Å². The molecule has 0 bridgehead atoms. The third-order valence-corrected chi connectivity index (χ3v) is 3.14. The molecule has 0 saturated heterocycles. The highest BCUT2D eigenvalue weighted by molar-refractivity contribution is 5.32. The molecule has 2 rings (SSSR count). The first-order chi connectivity index (χ1) is 10.4. The van der Waals surface area contributed by atoms with Gasteiger partial charge in [0.05, 0.1) is 18.2 Å². The molecule has 2 aromatic carbocycles. The Labute approximate surface area is 126 Å². The van der Waals surface area contributed by atoms with Gasteiger partial charge in [0.1, 0.15) is 0 Å². The zero-order chi connectivity index (χ0) is 14.8. The van der Waals surface area contributed by atoms with Gasteiger partial charge in [-0.3, -0.25) is 0 Å². The fourth-order valence-corrected chi connectivity index (χ4v) is 2.05. The zero-order valence-corrected chi connectivity index (χ0v) is 12.1. The van der Waals surface area contributed by atoms with Crippen molar-refractivity contribution in [3.63, 3.8) is 0 Å². The van der Waals surface area contributed by atoms with Crippen LogP contribution in [0.3, 0.4) is 0 Å². The molecule has 108 valence electrons. The molecular weight excluding hydrogens is 260 g/mol. The number of hydrogen-bond donors (Lipinski definition) is 1. The molecule has 1 N–H and O–H groups in total. The smallest absolute Gasteiger partial charge is 0.0991 e. The predicted molar refractivity (Wildman–Crippen MR) is 83.6 cm³/mol. The molecule has 0 unspecified atom stereocenters. The van der Waals surface area contributed by atoms with Crippen molar-refractivity contribution in [3.05, 3.63) is 71.3 Å². The van der Waals surface area contributed by atoms with Gasteiger partial charge < -0.3 is 10.1 Å². The minimum atomic E-state index is 0.564. The van der Waals surface area contributed by atoms with E-state index in [4.69, 9.17) is 10.00 Å². The number of ether oxygens (including phenoxy) is 1. The van der Waals surface area contributed by atoms with Crippen molar-refractivity contribution in [3.8, 4) is 6.07 Å². The quantitative estimate of drug-likeness (QED) is 0.755. The lowest BCUT2D eigenvalue weighted by Crippen LogP contribution is -2.16. The highest BCUT2D eigenvalue weighted by Gasteiger charge is 1.96. The van der Waals surface area contributed by atoms with Crippen LogP contribution in [0.1, 0.15) is 23.1 Å². The van der Waals surface area contributed by atoms with Gasteiger partial charge in [-0.15, -0.1) is 0 Å². The van der Waals surface area contributed by atoms with E-state index in [0.29, 0.717) is 12.2 Å². The van der Waals surface area contributed by atoms with Crippen molar-refractivity contribution in [1.29, 1.82) is 5.26 Å². The van der Waals surface area contributed by atoms with Crippen molar-refractivity contribution in [1.82, 2.24) is 5.32 Å². The van der Waals surface area contributed by atoms with Crippen LogP contribution in [0.5, 0.6) is 0 Å². The lowest BCUT2D eigenvalue weighted by atomic mass is 10.1. The molecule has 0 radical (unpaired) electrons. The lowest BCUT2D eigenvalue weighted by Gasteiger charge is -2.06. The lowest BCUT2D eigenvalue weighted by molar-refractivity contribution is 0.118. The molecule has 3 nitrogen and oxygen atoms in total. The molecule has 0 amide bonds. The SMILES string of the molecule is N#Cc1cccc(COCCCNCc2ccccc2)c1. The van der Waals surface area contributed by atoms with E-state index in [2.05, 4.69) is 35.7 Å². The van der Waals surface area contributed by atoms with E-state index >= 15 is 0 Å². The number of hydrogen-bond acceptors (Lipinski definition) is 3. The van der Waals surface area contributed by atoms with E-state index in [-0.39, 0.29) is 0 Å². The monoisotopic (exact) mass is 280 g/mol. The van der Waals surface area contributed by atoms with Crippen LogP contribution in [-0.4, -0.2) is 13.2 Å².